The first-order chi connectivity index (χ1) is 9.95. The van der Waals surface area contributed by atoms with Gasteiger partial charge in [-0.3, -0.25) is 0 Å². The van der Waals surface area contributed by atoms with E-state index in [9.17, 15) is 8.42 Å². The molecule has 0 aromatic heterocycles. The van der Waals surface area contributed by atoms with Gasteiger partial charge in [-0.15, -0.1) is 0 Å². The number of hydrogen-bond donors (Lipinski definition) is 1. The Bertz CT molecular complexity index is 594. The highest BCUT2D eigenvalue weighted by molar-refractivity contribution is 7.89. The van der Waals surface area contributed by atoms with Crippen LogP contribution in [-0.4, -0.2) is 52.2 Å². The van der Waals surface area contributed by atoms with E-state index in [0.717, 1.165) is 0 Å². The molecule has 1 aromatic rings. The lowest BCUT2D eigenvalue weighted by Crippen LogP contribution is -2.32. The zero-order valence-electron chi connectivity index (χ0n) is 11.8. The van der Waals surface area contributed by atoms with Crippen LogP contribution in [0.15, 0.2) is 23.1 Å². The minimum absolute atomic E-state index is 0.0696. The molecule has 1 aliphatic rings. The summed E-state index contributed by atoms with van der Waals surface area (Å²) in [6, 6.07) is 4.43. The van der Waals surface area contributed by atoms with Gasteiger partial charge in [0, 0.05) is 31.3 Å². The molecular formula is C13H19ClN2O4S. The van der Waals surface area contributed by atoms with Crippen LogP contribution in [-0.2, 0) is 14.8 Å². The lowest BCUT2D eigenvalue weighted by molar-refractivity contribution is 0.144. The van der Waals surface area contributed by atoms with Crippen LogP contribution in [0.5, 0.6) is 5.75 Å². The summed E-state index contributed by atoms with van der Waals surface area (Å²) in [7, 11) is -2.11. The first-order valence-corrected chi connectivity index (χ1v) is 8.44. The van der Waals surface area contributed by atoms with Crippen molar-refractivity contribution in [1.29, 1.82) is 0 Å². The Kier molecular flexibility index (Phi) is 5.45. The Morgan fingerprint density at radius 3 is 2.81 bits per heavy atom. The molecular weight excluding hydrogens is 316 g/mol. The van der Waals surface area contributed by atoms with Crippen LogP contribution in [0.1, 0.15) is 6.42 Å². The number of halogens is 1. The van der Waals surface area contributed by atoms with Crippen LogP contribution < -0.4 is 10.5 Å². The molecule has 0 aliphatic carbocycles. The minimum Gasteiger partial charge on any atom is -0.490 e. The molecule has 0 saturated carbocycles. The Labute approximate surface area is 129 Å². The predicted octanol–water partition coefficient (Wildman–Crippen LogP) is 1.09. The molecule has 1 aliphatic heterocycles. The van der Waals surface area contributed by atoms with E-state index >= 15 is 0 Å². The molecule has 21 heavy (non-hydrogen) atoms. The van der Waals surface area contributed by atoms with E-state index < -0.39 is 10.0 Å². The molecule has 1 aromatic carbocycles. The van der Waals surface area contributed by atoms with Gasteiger partial charge in [0.05, 0.1) is 6.61 Å². The molecule has 0 amide bonds. The van der Waals surface area contributed by atoms with Crippen molar-refractivity contribution < 1.29 is 17.9 Å². The van der Waals surface area contributed by atoms with Gasteiger partial charge >= 0.3 is 0 Å². The highest BCUT2D eigenvalue weighted by Gasteiger charge is 2.33. The Morgan fingerprint density at radius 1 is 1.43 bits per heavy atom. The van der Waals surface area contributed by atoms with E-state index in [0.29, 0.717) is 31.1 Å². The molecule has 0 spiro atoms. The largest absolute Gasteiger partial charge is 0.490 e. The summed E-state index contributed by atoms with van der Waals surface area (Å²) in [6.45, 7) is 1.36. The van der Waals surface area contributed by atoms with Gasteiger partial charge in [0.1, 0.15) is 17.3 Å². The van der Waals surface area contributed by atoms with Crippen molar-refractivity contribution in [2.75, 3.05) is 33.4 Å². The summed E-state index contributed by atoms with van der Waals surface area (Å²) in [5, 5.41) is 0.344. The van der Waals surface area contributed by atoms with Crippen molar-refractivity contribution in [3.8, 4) is 5.75 Å². The summed E-state index contributed by atoms with van der Waals surface area (Å²) >= 11 is 5.93. The standard InChI is InChI=1S/C13H19ClN2O4S/c1-19-6-7-20-12-3-2-10(14)8-13(12)21(17,18)16-5-4-11(15)9-16/h2-3,8,11H,4-7,9,15H2,1H3/t11-/m1/s1. The van der Waals surface area contributed by atoms with Gasteiger partial charge in [-0.05, 0) is 24.6 Å². The normalized spacial score (nSPS) is 19.9. The summed E-state index contributed by atoms with van der Waals surface area (Å²) in [6.07, 6.45) is 0.652. The summed E-state index contributed by atoms with van der Waals surface area (Å²) in [4.78, 5) is 0.0696. The summed E-state index contributed by atoms with van der Waals surface area (Å²) < 4.78 is 37.1. The molecule has 118 valence electrons. The van der Waals surface area contributed by atoms with Gasteiger partial charge in [-0.2, -0.15) is 4.31 Å². The van der Waals surface area contributed by atoms with E-state index in [4.69, 9.17) is 26.8 Å². The van der Waals surface area contributed by atoms with Crippen LogP contribution in [0.25, 0.3) is 0 Å². The third-order valence-electron chi connectivity index (χ3n) is 3.26. The maximum absolute atomic E-state index is 12.7. The van der Waals surface area contributed by atoms with Crippen molar-refractivity contribution in [3.63, 3.8) is 0 Å². The molecule has 0 bridgehead atoms. The van der Waals surface area contributed by atoms with Crippen LogP contribution in [0, 0.1) is 0 Å². The van der Waals surface area contributed by atoms with E-state index in [1.54, 1.807) is 19.2 Å². The molecule has 0 unspecified atom stereocenters. The molecule has 1 fully saturated rings. The van der Waals surface area contributed by atoms with Gasteiger partial charge < -0.3 is 15.2 Å². The highest BCUT2D eigenvalue weighted by atomic mass is 35.5. The zero-order chi connectivity index (χ0) is 15.5. The second-order valence-corrected chi connectivity index (χ2v) is 7.19. The van der Waals surface area contributed by atoms with Crippen molar-refractivity contribution in [1.82, 2.24) is 4.31 Å². The van der Waals surface area contributed by atoms with Crippen LogP contribution in [0.4, 0.5) is 0 Å². The quantitative estimate of drug-likeness (QED) is 0.787. The monoisotopic (exact) mass is 334 g/mol. The fourth-order valence-corrected chi connectivity index (χ4v) is 4.05. The molecule has 1 heterocycles. The van der Waals surface area contributed by atoms with Crippen molar-refractivity contribution >= 4 is 21.6 Å². The SMILES string of the molecule is COCCOc1ccc(Cl)cc1S(=O)(=O)N1CC[C@@H](N)C1. The van der Waals surface area contributed by atoms with Crippen molar-refractivity contribution in [2.45, 2.75) is 17.4 Å². The van der Waals surface area contributed by atoms with E-state index in [-0.39, 0.29) is 23.3 Å². The molecule has 1 saturated heterocycles. The number of sulfonamides is 1. The number of nitrogens with two attached hydrogens (primary N) is 1. The average molecular weight is 335 g/mol. The smallest absolute Gasteiger partial charge is 0.246 e. The fourth-order valence-electron chi connectivity index (χ4n) is 2.15. The Morgan fingerprint density at radius 2 is 2.19 bits per heavy atom. The van der Waals surface area contributed by atoms with Gasteiger partial charge in [0.15, 0.2) is 0 Å². The topological polar surface area (TPSA) is 81.9 Å². The summed E-state index contributed by atoms with van der Waals surface area (Å²) in [5.74, 6) is 0.275. The first-order valence-electron chi connectivity index (χ1n) is 6.62. The molecule has 0 radical (unpaired) electrons. The van der Waals surface area contributed by atoms with Crippen molar-refractivity contribution in [3.05, 3.63) is 23.2 Å². The second-order valence-electron chi connectivity index (χ2n) is 4.84. The average Bonchev–Trinajstić information content (AvgIpc) is 2.88. The van der Waals surface area contributed by atoms with Gasteiger partial charge in [0.25, 0.3) is 0 Å². The van der Waals surface area contributed by atoms with Crippen LogP contribution in [0.3, 0.4) is 0 Å². The Balaban J connectivity index is 2.30. The van der Waals surface area contributed by atoms with Crippen molar-refractivity contribution in [2.24, 2.45) is 5.73 Å². The number of ether oxygens (including phenoxy) is 2. The number of hydrogen-bond acceptors (Lipinski definition) is 5. The molecule has 6 nitrogen and oxygen atoms in total. The third kappa shape index (κ3) is 3.87. The number of methoxy groups -OCH3 is 1. The zero-order valence-corrected chi connectivity index (χ0v) is 13.4. The Hall–Kier alpha value is -0.860. The highest BCUT2D eigenvalue weighted by Crippen LogP contribution is 2.31. The fraction of sp³-hybridized carbons (Fsp3) is 0.538. The lowest BCUT2D eigenvalue weighted by atomic mass is 10.3. The second kappa shape index (κ2) is 6.93. The number of rotatable bonds is 6. The van der Waals surface area contributed by atoms with Gasteiger partial charge in [-0.1, -0.05) is 11.6 Å². The van der Waals surface area contributed by atoms with Crippen LogP contribution >= 0.6 is 11.6 Å². The number of nitrogens with zero attached hydrogens (tertiary/aromatic N) is 1. The first kappa shape index (κ1) is 16.5. The predicted molar refractivity (Wildman–Crippen MR) is 80.2 cm³/mol. The molecule has 2 rings (SSSR count). The van der Waals surface area contributed by atoms with Gasteiger partial charge in [-0.25, -0.2) is 8.42 Å². The van der Waals surface area contributed by atoms with E-state index in [1.165, 1.54) is 10.4 Å². The molecule has 1 atom stereocenters. The van der Waals surface area contributed by atoms with E-state index in [2.05, 4.69) is 0 Å². The lowest BCUT2D eigenvalue weighted by Gasteiger charge is -2.19. The summed E-state index contributed by atoms with van der Waals surface area (Å²) in [5.41, 5.74) is 5.79. The molecule has 2 N–H and O–H groups in total. The number of benzene rings is 1. The van der Waals surface area contributed by atoms with Crippen LogP contribution in [0.2, 0.25) is 5.02 Å². The van der Waals surface area contributed by atoms with E-state index in [1.807, 2.05) is 0 Å². The minimum atomic E-state index is -3.66. The maximum atomic E-state index is 12.7. The maximum Gasteiger partial charge on any atom is 0.246 e. The van der Waals surface area contributed by atoms with Gasteiger partial charge in [0.2, 0.25) is 10.0 Å². The third-order valence-corrected chi connectivity index (χ3v) is 5.38. The molecule has 8 heteroatoms.